The van der Waals surface area contributed by atoms with E-state index in [4.69, 9.17) is 0 Å². The topological polar surface area (TPSA) is 79.6 Å². The van der Waals surface area contributed by atoms with Crippen molar-refractivity contribution in [3.8, 4) is 11.3 Å². The second-order valence-corrected chi connectivity index (χ2v) is 8.50. The number of carbonyl (C=O) groups is 2. The summed E-state index contributed by atoms with van der Waals surface area (Å²) < 4.78 is 14.1. The lowest BCUT2D eigenvalue weighted by Gasteiger charge is -2.30. The molecule has 0 saturated carbocycles. The molecule has 0 amide bonds. The first-order chi connectivity index (χ1) is 13.5. The van der Waals surface area contributed by atoms with Gasteiger partial charge >= 0.3 is 5.97 Å². The summed E-state index contributed by atoms with van der Waals surface area (Å²) >= 11 is 0. The number of pyridine rings is 1. The zero-order valence-corrected chi connectivity index (χ0v) is 16.9. The van der Waals surface area contributed by atoms with E-state index in [1.807, 2.05) is 6.08 Å². The number of carboxylic acids is 1. The number of benzene rings is 1. The monoisotopic (exact) mass is 394 g/mol. The second-order valence-electron chi connectivity index (χ2n) is 8.50. The molecule has 1 aromatic heterocycles. The summed E-state index contributed by atoms with van der Waals surface area (Å²) in [5.74, 6) is -1.98. The highest BCUT2D eigenvalue weighted by atomic mass is 19.1. The predicted molar refractivity (Wildman–Crippen MR) is 110 cm³/mol. The van der Waals surface area contributed by atoms with E-state index in [1.165, 1.54) is 12.3 Å². The second kappa shape index (κ2) is 7.35. The van der Waals surface area contributed by atoms with Crippen LogP contribution in [0.1, 0.15) is 53.5 Å². The Kier molecular flexibility index (Phi) is 5.22. The fraction of sp³-hybridized carbons (Fsp3) is 0.304. The smallest absolute Gasteiger partial charge is 0.335 e. The number of Topliss-reactive ketones (excluding diaryl/α,β-unsaturated/α-hetero) is 1. The van der Waals surface area contributed by atoms with Crippen molar-refractivity contribution in [3.63, 3.8) is 0 Å². The zero-order chi connectivity index (χ0) is 21.4. The number of carboxylic acid groups (broad SMARTS) is 1. The zero-order valence-electron chi connectivity index (χ0n) is 16.9. The third-order valence-electron chi connectivity index (χ3n) is 4.85. The van der Waals surface area contributed by atoms with Crippen LogP contribution in [0.4, 0.5) is 4.39 Å². The minimum Gasteiger partial charge on any atom is -0.478 e. The molecule has 0 fully saturated rings. The number of ketones is 1. The Labute approximate surface area is 169 Å². The fourth-order valence-corrected chi connectivity index (χ4v) is 3.55. The average molecular weight is 394 g/mol. The van der Waals surface area contributed by atoms with Gasteiger partial charge in [0.15, 0.2) is 5.78 Å². The third-order valence-corrected chi connectivity index (χ3v) is 4.85. The van der Waals surface area contributed by atoms with Gasteiger partial charge in [-0.1, -0.05) is 20.8 Å². The summed E-state index contributed by atoms with van der Waals surface area (Å²) in [4.78, 5) is 33.2. The van der Waals surface area contributed by atoms with E-state index in [9.17, 15) is 19.1 Å². The molecule has 0 spiro atoms. The van der Waals surface area contributed by atoms with Crippen molar-refractivity contribution in [1.29, 1.82) is 0 Å². The summed E-state index contributed by atoms with van der Waals surface area (Å²) in [5.41, 5.74) is 0.261. The number of hydrogen-bond acceptors (Lipinski definition) is 4. The normalized spacial score (nSPS) is 18.2. The number of aromatic carboxylic acids is 1. The van der Waals surface area contributed by atoms with Gasteiger partial charge in [0.25, 0.3) is 0 Å². The van der Waals surface area contributed by atoms with Crippen LogP contribution in [0, 0.1) is 18.2 Å². The van der Waals surface area contributed by atoms with Gasteiger partial charge in [-0.2, -0.15) is 0 Å². The van der Waals surface area contributed by atoms with E-state index >= 15 is 0 Å². The van der Waals surface area contributed by atoms with E-state index in [-0.39, 0.29) is 16.8 Å². The van der Waals surface area contributed by atoms with E-state index < -0.39 is 17.3 Å². The number of hydrogen-bond donors (Lipinski definition) is 1. The molecule has 0 radical (unpaired) electrons. The van der Waals surface area contributed by atoms with Gasteiger partial charge in [0, 0.05) is 23.5 Å². The molecule has 1 aliphatic rings. The molecule has 5 nitrogen and oxygen atoms in total. The molecule has 1 unspecified atom stereocenters. The Hall–Kier alpha value is -3.15. The van der Waals surface area contributed by atoms with Crippen molar-refractivity contribution in [2.24, 2.45) is 10.4 Å². The van der Waals surface area contributed by atoms with Gasteiger partial charge in [0.05, 0.1) is 11.3 Å². The number of rotatable bonds is 5. The summed E-state index contributed by atoms with van der Waals surface area (Å²) in [6.45, 7) is 7.72. The Morgan fingerprint density at radius 1 is 1.17 bits per heavy atom. The molecule has 1 atom stereocenters. The average Bonchev–Trinajstić information content (AvgIpc) is 3.11. The van der Waals surface area contributed by atoms with E-state index in [2.05, 4.69) is 30.7 Å². The highest BCUT2D eigenvalue weighted by Gasteiger charge is 2.40. The van der Waals surface area contributed by atoms with E-state index in [0.717, 1.165) is 6.07 Å². The van der Waals surface area contributed by atoms with Crippen molar-refractivity contribution in [2.45, 2.75) is 39.7 Å². The van der Waals surface area contributed by atoms with E-state index in [0.29, 0.717) is 28.8 Å². The molecule has 1 aliphatic heterocycles. The van der Waals surface area contributed by atoms with Gasteiger partial charge in [-0.15, -0.1) is 0 Å². The van der Waals surface area contributed by atoms with Gasteiger partial charge in [0.2, 0.25) is 0 Å². The molecule has 0 bridgehead atoms. The molecular formula is C23H23FN2O3. The molecule has 3 rings (SSSR count). The van der Waals surface area contributed by atoms with Crippen LogP contribution >= 0.6 is 0 Å². The molecule has 1 N–H and O–H groups in total. The Balaban J connectivity index is 1.97. The lowest BCUT2D eigenvalue weighted by atomic mass is 9.76. The molecule has 6 heteroatoms. The van der Waals surface area contributed by atoms with Crippen LogP contribution in [0.2, 0.25) is 0 Å². The SMILES string of the molecule is Cc1c(F)cc(C(=O)O)cc1-c1ccc(C(=O)C2(CC(C)(C)C)C=CC=N2)cn1. The molecule has 0 saturated heterocycles. The highest BCUT2D eigenvalue weighted by Crippen LogP contribution is 2.36. The number of halogens is 1. The first-order valence-electron chi connectivity index (χ1n) is 9.30. The van der Waals surface area contributed by atoms with Crippen LogP contribution in [0.5, 0.6) is 0 Å². The molecule has 1 aromatic carbocycles. The maximum Gasteiger partial charge on any atom is 0.335 e. The van der Waals surface area contributed by atoms with Crippen LogP contribution in [-0.4, -0.2) is 33.6 Å². The van der Waals surface area contributed by atoms with Gasteiger partial charge in [-0.25, -0.2) is 9.18 Å². The third kappa shape index (κ3) is 4.16. The number of aliphatic imine (C=N–C) groups is 1. The lowest BCUT2D eigenvalue weighted by Crippen LogP contribution is -2.37. The minimum atomic E-state index is -1.22. The van der Waals surface area contributed by atoms with Crippen LogP contribution in [-0.2, 0) is 0 Å². The Bertz CT molecular complexity index is 1020. The summed E-state index contributed by atoms with van der Waals surface area (Å²) in [6.07, 6.45) is 7.21. The summed E-state index contributed by atoms with van der Waals surface area (Å²) in [6, 6.07) is 5.60. The molecule has 2 aromatic rings. The van der Waals surface area contributed by atoms with Crippen molar-refractivity contribution < 1.29 is 19.1 Å². The largest absolute Gasteiger partial charge is 0.478 e. The van der Waals surface area contributed by atoms with E-state index in [1.54, 1.807) is 31.3 Å². The lowest BCUT2D eigenvalue weighted by molar-refractivity contribution is 0.0696. The first kappa shape index (κ1) is 20.6. The first-order valence-corrected chi connectivity index (χ1v) is 9.30. The molecule has 0 aliphatic carbocycles. The van der Waals surface area contributed by atoms with Gasteiger partial charge < -0.3 is 5.11 Å². The Morgan fingerprint density at radius 3 is 2.41 bits per heavy atom. The van der Waals surface area contributed by atoms with Crippen molar-refractivity contribution in [1.82, 2.24) is 4.98 Å². The number of allylic oxidation sites excluding steroid dienone is 1. The molecular weight excluding hydrogens is 371 g/mol. The molecule has 2 heterocycles. The van der Waals surface area contributed by atoms with Crippen molar-refractivity contribution >= 4 is 18.0 Å². The van der Waals surface area contributed by atoms with Crippen LogP contribution in [0.25, 0.3) is 11.3 Å². The maximum atomic E-state index is 14.1. The van der Waals surface area contributed by atoms with Crippen molar-refractivity contribution in [2.75, 3.05) is 0 Å². The minimum absolute atomic E-state index is 0.110. The highest BCUT2D eigenvalue weighted by molar-refractivity contribution is 6.07. The van der Waals surface area contributed by atoms with Crippen LogP contribution < -0.4 is 0 Å². The van der Waals surface area contributed by atoms with Gasteiger partial charge in [-0.3, -0.25) is 14.8 Å². The standard InChI is InChI=1S/C23H23FN2O3/c1-14-17(10-16(21(28)29)11-18(14)24)19-7-6-15(12-25-19)20(27)23(8-5-9-26-23)13-22(2,3)4/h5-12H,13H2,1-4H3,(H,28,29). The summed E-state index contributed by atoms with van der Waals surface area (Å²) in [7, 11) is 0. The summed E-state index contributed by atoms with van der Waals surface area (Å²) in [5, 5.41) is 9.18. The predicted octanol–water partition coefficient (Wildman–Crippen LogP) is 4.89. The van der Waals surface area contributed by atoms with Gasteiger partial charge in [-0.05, 0) is 60.7 Å². The molecule has 29 heavy (non-hydrogen) atoms. The molecule has 150 valence electrons. The van der Waals surface area contributed by atoms with Crippen molar-refractivity contribution in [3.05, 3.63) is 65.1 Å². The van der Waals surface area contributed by atoms with Crippen LogP contribution in [0.3, 0.4) is 0 Å². The number of carbonyl (C=O) groups excluding carboxylic acids is 1. The quantitative estimate of drug-likeness (QED) is 0.732. The number of aromatic nitrogens is 1. The maximum absolute atomic E-state index is 14.1. The Morgan fingerprint density at radius 2 is 1.90 bits per heavy atom. The van der Waals surface area contributed by atoms with Crippen LogP contribution in [0.15, 0.2) is 47.6 Å². The number of nitrogens with zero attached hydrogens (tertiary/aromatic N) is 2. The van der Waals surface area contributed by atoms with Gasteiger partial charge in [0.1, 0.15) is 11.4 Å². The fourth-order valence-electron chi connectivity index (χ4n) is 3.55.